The van der Waals surface area contributed by atoms with Crippen LogP contribution in [-0.2, 0) is 27.7 Å². The van der Waals surface area contributed by atoms with Crippen LogP contribution < -0.4 is 10.9 Å². The maximum absolute atomic E-state index is 12.7. The lowest BCUT2D eigenvalue weighted by Crippen LogP contribution is -2.55. The van der Waals surface area contributed by atoms with Gasteiger partial charge in [0.15, 0.2) is 5.78 Å². The number of hydrogen-bond acceptors (Lipinski definition) is 7. The summed E-state index contributed by atoms with van der Waals surface area (Å²) in [5.41, 5.74) is 5.12. The van der Waals surface area contributed by atoms with Crippen molar-refractivity contribution in [1.29, 1.82) is 0 Å². The number of amides is 2. The quantitative estimate of drug-likeness (QED) is 0.234. The summed E-state index contributed by atoms with van der Waals surface area (Å²) in [6, 6.07) is 16.8. The second-order valence-corrected chi connectivity index (χ2v) is 15.3. The van der Waals surface area contributed by atoms with Crippen molar-refractivity contribution in [2.45, 2.75) is 111 Å². The van der Waals surface area contributed by atoms with Crippen LogP contribution in [0, 0.1) is 13.8 Å². The van der Waals surface area contributed by atoms with Crippen LogP contribution in [0.15, 0.2) is 53.3 Å². The molecule has 0 atom stereocenters. The number of Topliss-reactive ketones (excluding diaryl/α,β-unsaturated/α-hetero) is 1. The fourth-order valence-electron chi connectivity index (χ4n) is 7.89. The van der Waals surface area contributed by atoms with Gasteiger partial charge < -0.3 is 29.2 Å². The standard InChI is InChI=1S/C20H29N3O3.C12H13NO.C11H23NO/c1-15(24)14-26-20(2,3)22-11-9-17(10-12-22)23-13-8-16-6-4-5-7-18(16)21-19(23)25;1-8-6-9(2)12-10(7-8)4-5-11(14)13(12)3;1-3-7-12(8-4-2)11-5-9-13-10-6-11/h4-7,17H,8-14H2,1-3H3,(H,21,25);4-7H,1-3H3;11H,3-10H2,1-2H3. The van der Waals surface area contributed by atoms with Gasteiger partial charge in [0.2, 0.25) is 0 Å². The summed E-state index contributed by atoms with van der Waals surface area (Å²) < 4.78 is 12.9. The van der Waals surface area contributed by atoms with Gasteiger partial charge in [0.05, 0.1) is 5.52 Å². The number of benzene rings is 2. The summed E-state index contributed by atoms with van der Waals surface area (Å²) >= 11 is 0. The van der Waals surface area contributed by atoms with E-state index in [0.29, 0.717) is 0 Å². The van der Waals surface area contributed by atoms with Crippen molar-refractivity contribution >= 4 is 28.4 Å². The van der Waals surface area contributed by atoms with E-state index in [2.05, 4.69) is 54.1 Å². The molecule has 0 saturated carbocycles. The predicted molar refractivity (Wildman–Crippen MR) is 216 cm³/mol. The molecule has 10 heteroatoms. The number of aryl methyl sites for hydroxylation is 3. The van der Waals surface area contributed by atoms with E-state index >= 15 is 0 Å². The summed E-state index contributed by atoms with van der Waals surface area (Å²) in [7, 11) is 1.81. The van der Waals surface area contributed by atoms with E-state index in [9.17, 15) is 14.4 Å². The maximum Gasteiger partial charge on any atom is 0.322 e. The highest BCUT2D eigenvalue weighted by Gasteiger charge is 2.35. The molecule has 53 heavy (non-hydrogen) atoms. The number of ketones is 1. The van der Waals surface area contributed by atoms with Crippen LogP contribution in [0.5, 0.6) is 0 Å². The zero-order valence-electron chi connectivity index (χ0n) is 33.7. The number of carbonyl (C=O) groups excluding carboxylic acids is 2. The minimum absolute atomic E-state index is 0.000454. The van der Waals surface area contributed by atoms with E-state index in [0.717, 1.165) is 80.3 Å². The van der Waals surface area contributed by atoms with Gasteiger partial charge in [-0.2, -0.15) is 0 Å². The predicted octanol–water partition coefficient (Wildman–Crippen LogP) is 7.33. The molecule has 10 nitrogen and oxygen atoms in total. The second-order valence-electron chi connectivity index (χ2n) is 15.3. The minimum atomic E-state index is -0.464. The molecule has 6 rings (SSSR count). The Bertz CT molecular complexity index is 1680. The number of fused-ring (bicyclic) bond motifs is 2. The molecule has 3 aromatic rings. The van der Waals surface area contributed by atoms with Gasteiger partial charge in [0.25, 0.3) is 5.56 Å². The smallest absolute Gasteiger partial charge is 0.322 e. The number of piperidine rings is 1. The molecule has 0 aliphatic carbocycles. The van der Waals surface area contributed by atoms with E-state index in [1.165, 1.54) is 56.8 Å². The maximum atomic E-state index is 12.7. The monoisotopic (exact) mass is 731 g/mol. The van der Waals surface area contributed by atoms with Crippen LogP contribution >= 0.6 is 0 Å². The summed E-state index contributed by atoms with van der Waals surface area (Å²) in [6.45, 7) is 21.2. The Morgan fingerprint density at radius 3 is 2.25 bits per heavy atom. The molecule has 3 aliphatic rings. The molecule has 2 aromatic carbocycles. The summed E-state index contributed by atoms with van der Waals surface area (Å²) in [6.07, 6.45) is 7.73. The largest absolute Gasteiger partial charge is 0.381 e. The Balaban J connectivity index is 0.000000196. The molecular formula is C43H65N5O5. The summed E-state index contributed by atoms with van der Waals surface area (Å²) in [4.78, 5) is 42.2. The van der Waals surface area contributed by atoms with Crippen molar-refractivity contribution in [2.24, 2.45) is 7.05 Å². The number of anilines is 1. The Hall–Kier alpha value is -3.57. The summed E-state index contributed by atoms with van der Waals surface area (Å²) in [5, 5.41) is 4.18. The van der Waals surface area contributed by atoms with E-state index in [1.54, 1.807) is 10.6 Å². The zero-order chi connectivity index (χ0) is 38.5. The number of pyridine rings is 1. The number of para-hydroxylation sites is 1. The van der Waals surface area contributed by atoms with Crippen LogP contribution in [0.3, 0.4) is 0 Å². The normalized spacial score (nSPS) is 17.3. The first kappa shape index (κ1) is 42.2. The zero-order valence-corrected chi connectivity index (χ0v) is 33.7. The fourth-order valence-corrected chi connectivity index (χ4v) is 7.89. The number of carbonyl (C=O) groups is 2. The number of ether oxygens (including phenoxy) is 2. The molecule has 0 radical (unpaired) electrons. The number of urea groups is 1. The molecule has 2 saturated heterocycles. The molecule has 0 bridgehead atoms. The number of rotatable bonds is 10. The summed E-state index contributed by atoms with van der Waals surface area (Å²) in [5.74, 6) is 0.0359. The number of likely N-dealkylation sites (tertiary alicyclic amines) is 1. The van der Waals surface area contributed by atoms with Crippen LogP contribution in [-0.4, -0.2) is 101 Å². The Morgan fingerprint density at radius 2 is 1.60 bits per heavy atom. The van der Waals surface area contributed by atoms with Gasteiger partial charge >= 0.3 is 6.03 Å². The van der Waals surface area contributed by atoms with Crippen molar-refractivity contribution in [3.05, 3.63) is 75.6 Å². The van der Waals surface area contributed by atoms with Crippen LogP contribution in [0.1, 0.15) is 89.8 Å². The van der Waals surface area contributed by atoms with Gasteiger partial charge in [-0.3, -0.25) is 14.5 Å². The number of aromatic nitrogens is 1. The first-order chi connectivity index (χ1) is 25.3. The van der Waals surface area contributed by atoms with Crippen LogP contribution in [0.2, 0.25) is 0 Å². The molecule has 292 valence electrons. The Morgan fingerprint density at radius 1 is 0.943 bits per heavy atom. The Kier molecular flexibility index (Phi) is 16.1. The van der Waals surface area contributed by atoms with Crippen molar-refractivity contribution in [2.75, 3.05) is 57.9 Å². The first-order valence-corrected chi connectivity index (χ1v) is 19.8. The minimum Gasteiger partial charge on any atom is -0.381 e. The average molecular weight is 732 g/mol. The highest BCUT2D eigenvalue weighted by atomic mass is 16.5. The number of hydrogen-bond donors (Lipinski definition) is 1. The number of nitrogens with zero attached hydrogens (tertiary/aromatic N) is 4. The third kappa shape index (κ3) is 12.0. The second kappa shape index (κ2) is 20.2. The number of nitrogens with one attached hydrogen (secondary N) is 1. The van der Waals surface area contributed by atoms with Gasteiger partial charge in [-0.25, -0.2) is 4.79 Å². The van der Waals surface area contributed by atoms with Crippen molar-refractivity contribution in [3.8, 4) is 0 Å². The lowest BCUT2D eigenvalue weighted by atomic mass is 10.0. The van der Waals surface area contributed by atoms with E-state index in [1.807, 2.05) is 57.0 Å². The molecular weight excluding hydrogens is 667 g/mol. The molecule has 0 unspecified atom stereocenters. The first-order valence-electron chi connectivity index (χ1n) is 19.8. The highest BCUT2D eigenvalue weighted by molar-refractivity contribution is 5.91. The molecule has 3 aliphatic heterocycles. The third-order valence-corrected chi connectivity index (χ3v) is 10.7. The van der Waals surface area contributed by atoms with Gasteiger partial charge in [0.1, 0.15) is 12.3 Å². The Labute approximate surface area is 317 Å². The third-order valence-electron chi connectivity index (χ3n) is 10.7. The van der Waals surface area contributed by atoms with Crippen LogP contribution in [0.25, 0.3) is 10.9 Å². The van der Waals surface area contributed by atoms with E-state index in [4.69, 9.17) is 9.47 Å². The van der Waals surface area contributed by atoms with Gasteiger partial charge in [0, 0.05) is 63.7 Å². The molecule has 1 aromatic heterocycles. The highest BCUT2D eigenvalue weighted by Crippen LogP contribution is 2.28. The van der Waals surface area contributed by atoms with E-state index in [-0.39, 0.29) is 30.0 Å². The van der Waals surface area contributed by atoms with E-state index < -0.39 is 5.72 Å². The molecule has 2 fully saturated rings. The van der Waals surface area contributed by atoms with Crippen LogP contribution in [0.4, 0.5) is 10.5 Å². The van der Waals surface area contributed by atoms with Crippen molar-refractivity contribution in [3.63, 3.8) is 0 Å². The fraction of sp³-hybridized carbons (Fsp3) is 0.605. The van der Waals surface area contributed by atoms with Crippen molar-refractivity contribution < 1.29 is 19.1 Å². The SMILES string of the molecule is CC(=O)COC(C)(C)N1CCC(N2CCc3ccccc3NC2=O)CC1.CCCN(CCC)C1CCOCC1.Cc1cc(C)c2c(ccc(=O)n2C)c1. The molecule has 0 spiro atoms. The molecule has 1 N–H and O–H groups in total. The van der Waals surface area contributed by atoms with Gasteiger partial charge in [-0.15, -0.1) is 0 Å². The van der Waals surface area contributed by atoms with Gasteiger partial charge in [-0.1, -0.05) is 43.7 Å². The lowest BCUT2D eigenvalue weighted by molar-refractivity contribution is -0.154. The lowest BCUT2D eigenvalue weighted by Gasteiger charge is -2.44. The molecule has 4 heterocycles. The van der Waals surface area contributed by atoms with Crippen molar-refractivity contribution in [1.82, 2.24) is 19.3 Å². The topological polar surface area (TPSA) is 96.4 Å². The molecule has 2 amide bonds. The van der Waals surface area contributed by atoms with Gasteiger partial charge in [-0.05, 0) is 127 Å². The average Bonchev–Trinajstić information content (AvgIpc) is 3.31.